The second-order valence-electron chi connectivity index (χ2n) is 10.3. The van der Waals surface area contributed by atoms with E-state index in [1.807, 2.05) is 26.0 Å². The fourth-order valence-electron chi connectivity index (χ4n) is 5.90. The number of fused-ring (bicyclic) bond motifs is 9. The van der Waals surface area contributed by atoms with E-state index in [1.165, 1.54) is 16.3 Å². The number of benzene rings is 6. The Morgan fingerprint density at radius 2 is 1.08 bits per heavy atom. The molecule has 0 aliphatic rings. The van der Waals surface area contributed by atoms with Crippen LogP contribution in [-0.4, -0.2) is 9.97 Å². The molecule has 0 saturated carbocycles. The lowest BCUT2D eigenvalue weighted by Crippen LogP contribution is -1.96. The summed E-state index contributed by atoms with van der Waals surface area (Å²) in [5, 5.41) is 6.95. The molecular formula is C36H24N2O. The van der Waals surface area contributed by atoms with E-state index in [0.717, 1.165) is 71.8 Å². The van der Waals surface area contributed by atoms with Crippen molar-refractivity contribution in [1.29, 1.82) is 0 Å². The molecule has 0 N–H and O–H groups in total. The molecule has 8 rings (SSSR count). The summed E-state index contributed by atoms with van der Waals surface area (Å²) in [6.45, 7) is 4.06. The van der Waals surface area contributed by atoms with Gasteiger partial charge in [0.2, 0.25) is 0 Å². The van der Waals surface area contributed by atoms with Gasteiger partial charge >= 0.3 is 0 Å². The smallest absolute Gasteiger partial charge is 0.143 e. The molecule has 2 aromatic heterocycles. The van der Waals surface area contributed by atoms with Crippen LogP contribution < -0.4 is 0 Å². The summed E-state index contributed by atoms with van der Waals surface area (Å²) in [6.07, 6.45) is 0. The molecule has 0 saturated heterocycles. The second-order valence-corrected chi connectivity index (χ2v) is 10.3. The number of para-hydroxylation sites is 2. The monoisotopic (exact) mass is 500 g/mol. The predicted octanol–water partition coefficient (Wildman–Crippen LogP) is 9.79. The van der Waals surface area contributed by atoms with Crippen molar-refractivity contribution in [3.8, 4) is 22.3 Å². The third-order valence-electron chi connectivity index (χ3n) is 7.97. The zero-order valence-electron chi connectivity index (χ0n) is 21.7. The molecule has 3 nitrogen and oxygen atoms in total. The van der Waals surface area contributed by atoms with Gasteiger partial charge in [0, 0.05) is 27.1 Å². The Bertz CT molecular complexity index is 2260. The van der Waals surface area contributed by atoms with E-state index >= 15 is 0 Å². The van der Waals surface area contributed by atoms with Crippen molar-refractivity contribution in [1.82, 2.24) is 9.97 Å². The Hall–Kier alpha value is -5.02. The first-order valence-electron chi connectivity index (χ1n) is 13.3. The molecule has 8 aromatic rings. The van der Waals surface area contributed by atoms with Gasteiger partial charge in [-0.05, 0) is 59.5 Å². The molecule has 3 heteroatoms. The maximum atomic E-state index is 6.34. The highest BCUT2D eigenvalue weighted by Gasteiger charge is 2.15. The summed E-state index contributed by atoms with van der Waals surface area (Å²) in [5.41, 5.74) is 10.3. The summed E-state index contributed by atoms with van der Waals surface area (Å²) >= 11 is 0. The quantitative estimate of drug-likeness (QED) is 0.222. The Kier molecular flexibility index (Phi) is 4.65. The van der Waals surface area contributed by atoms with Gasteiger partial charge in [-0.3, -0.25) is 0 Å². The molecule has 0 aliphatic carbocycles. The minimum atomic E-state index is 0.915. The number of nitrogens with zero attached hydrogens (tertiary/aromatic N) is 2. The minimum Gasteiger partial charge on any atom is -0.455 e. The van der Waals surface area contributed by atoms with Crippen molar-refractivity contribution in [3.05, 3.63) is 121 Å². The van der Waals surface area contributed by atoms with E-state index in [4.69, 9.17) is 14.4 Å². The van der Waals surface area contributed by atoms with Gasteiger partial charge in [-0.2, -0.15) is 0 Å². The van der Waals surface area contributed by atoms with Crippen molar-refractivity contribution in [2.45, 2.75) is 13.8 Å². The maximum absolute atomic E-state index is 6.34. The summed E-state index contributed by atoms with van der Waals surface area (Å²) < 4.78 is 6.34. The molecule has 0 fully saturated rings. The zero-order chi connectivity index (χ0) is 26.1. The Morgan fingerprint density at radius 1 is 0.462 bits per heavy atom. The van der Waals surface area contributed by atoms with Crippen LogP contribution in [0, 0.1) is 13.8 Å². The van der Waals surface area contributed by atoms with Crippen LogP contribution in [0.4, 0.5) is 0 Å². The molecule has 0 amide bonds. The highest BCUT2D eigenvalue weighted by molar-refractivity contribution is 6.23. The first-order chi connectivity index (χ1) is 19.2. The molecule has 0 unspecified atom stereocenters. The lowest BCUT2D eigenvalue weighted by atomic mass is 9.94. The maximum Gasteiger partial charge on any atom is 0.143 e. The van der Waals surface area contributed by atoms with E-state index in [0.29, 0.717) is 0 Å². The van der Waals surface area contributed by atoms with Gasteiger partial charge in [0.1, 0.15) is 11.2 Å². The number of aromatic nitrogens is 2. The first kappa shape index (κ1) is 22.0. The van der Waals surface area contributed by atoms with Crippen molar-refractivity contribution in [3.63, 3.8) is 0 Å². The average Bonchev–Trinajstić information content (AvgIpc) is 3.37. The molecule has 0 atom stereocenters. The van der Waals surface area contributed by atoms with Crippen LogP contribution in [0.25, 0.3) is 76.8 Å². The SMILES string of the molecule is Cc1nc2c3ccccc3c3cc(-c4cccc(-c5cccc6c5oc5ccccc56)c4)ccc3c2nc1C. The lowest BCUT2D eigenvalue weighted by molar-refractivity contribution is 0.670. The molecule has 0 bridgehead atoms. The Morgan fingerprint density at radius 3 is 1.90 bits per heavy atom. The van der Waals surface area contributed by atoms with Crippen LogP contribution in [0.15, 0.2) is 114 Å². The van der Waals surface area contributed by atoms with Crippen LogP contribution in [-0.2, 0) is 0 Å². The molecule has 0 radical (unpaired) electrons. The van der Waals surface area contributed by atoms with Crippen LogP contribution in [0.2, 0.25) is 0 Å². The van der Waals surface area contributed by atoms with Crippen molar-refractivity contribution < 1.29 is 4.42 Å². The van der Waals surface area contributed by atoms with Crippen LogP contribution in [0.5, 0.6) is 0 Å². The normalized spacial score (nSPS) is 11.8. The number of rotatable bonds is 2. The van der Waals surface area contributed by atoms with E-state index in [1.54, 1.807) is 0 Å². The lowest BCUT2D eigenvalue weighted by Gasteiger charge is -2.13. The molecule has 184 valence electrons. The highest BCUT2D eigenvalue weighted by Crippen LogP contribution is 2.39. The molecule has 39 heavy (non-hydrogen) atoms. The number of furan rings is 1. The Labute approximate surface area is 225 Å². The van der Waals surface area contributed by atoms with E-state index in [-0.39, 0.29) is 0 Å². The third kappa shape index (κ3) is 3.30. The van der Waals surface area contributed by atoms with Crippen LogP contribution in [0.1, 0.15) is 11.4 Å². The summed E-state index contributed by atoms with van der Waals surface area (Å²) in [7, 11) is 0. The third-order valence-corrected chi connectivity index (χ3v) is 7.97. The molecule has 2 heterocycles. The largest absolute Gasteiger partial charge is 0.455 e. The van der Waals surface area contributed by atoms with Crippen molar-refractivity contribution in [2.75, 3.05) is 0 Å². The minimum absolute atomic E-state index is 0.915. The number of hydrogen-bond donors (Lipinski definition) is 0. The summed E-state index contributed by atoms with van der Waals surface area (Å²) in [4.78, 5) is 9.93. The van der Waals surface area contributed by atoms with Crippen LogP contribution in [0.3, 0.4) is 0 Å². The molecule has 6 aromatic carbocycles. The highest BCUT2D eigenvalue weighted by atomic mass is 16.3. The average molecular weight is 501 g/mol. The predicted molar refractivity (Wildman–Crippen MR) is 162 cm³/mol. The fraction of sp³-hybridized carbons (Fsp3) is 0.0556. The van der Waals surface area contributed by atoms with E-state index < -0.39 is 0 Å². The van der Waals surface area contributed by atoms with Gasteiger partial charge in [-0.15, -0.1) is 0 Å². The van der Waals surface area contributed by atoms with Gasteiger partial charge in [-0.1, -0.05) is 91.0 Å². The Balaban J connectivity index is 1.34. The van der Waals surface area contributed by atoms with Gasteiger partial charge in [0.15, 0.2) is 0 Å². The van der Waals surface area contributed by atoms with Gasteiger partial charge in [0.25, 0.3) is 0 Å². The zero-order valence-corrected chi connectivity index (χ0v) is 21.7. The topological polar surface area (TPSA) is 38.9 Å². The molecular weight excluding hydrogens is 476 g/mol. The van der Waals surface area contributed by atoms with Gasteiger partial charge < -0.3 is 4.42 Å². The van der Waals surface area contributed by atoms with E-state index in [9.17, 15) is 0 Å². The summed E-state index contributed by atoms with van der Waals surface area (Å²) in [5.74, 6) is 0. The fourth-order valence-corrected chi connectivity index (χ4v) is 5.90. The van der Waals surface area contributed by atoms with Gasteiger partial charge in [0.05, 0.1) is 22.4 Å². The van der Waals surface area contributed by atoms with Gasteiger partial charge in [-0.25, -0.2) is 9.97 Å². The first-order valence-corrected chi connectivity index (χ1v) is 13.3. The number of aryl methyl sites for hydroxylation is 2. The summed E-state index contributed by atoms with van der Waals surface area (Å²) in [6, 6.07) is 38.6. The van der Waals surface area contributed by atoms with Crippen molar-refractivity contribution in [2.24, 2.45) is 0 Å². The van der Waals surface area contributed by atoms with Crippen LogP contribution >= 0.6 is 0 Å². The standard InChI is InChI=1S/C36H24N2O/c1-21-22(2)38-35-30-18-17-24(20-32(30)27-11-3-4-13-29(27)34(35)37-21)23-9-7-10-25(19-23)26-14-8-15-31-28-12-5-6-16-33(28)39-36(26)31/h3-20H,1-2H3. The number of hydrogen-bond acceptors (Lipinski definition) is 3. The second kappa shape index (κ2) is 8.24. The van der Waals surface area contributed by atoms with E-state index in [2.05, 4.69) is 97.1 Å². The molecule has 0 aliphatic heterocycles. The molecule has 0 spiro atoms. The van der Waals surface area contributed by atoms with Crippen molar-refractivity contribution >= 4 is 54.5 Å².